The molecule has 0 aliphatic rings. The Morgan fingerprint density at radius 3 is 1.67 bits per heavy atom. The summed E-state index contributed by atoms with van der Waals surface area (Å²) < 4.78 is 0. The highest BCUT2D eigenvalue weighted by molar-refractivity contribution is 5.36. The van der Waals surface area contributed by atoms with Crippen LogP contribution in [-0.2, 0) is 0 Å². The van der Waals surface area contributed by atoms with Crippen molar-refractivity contribution < 1.29 is 0 Å². The maximum atomic E-state index is 9.31. The van der Waals surface area contributed by atoms with Crippen LogP contribution < -0.4 is 5.32 Å². The third kappa shape index (κ3) is 2.58. The zero-order valence-corrected chi connectivity index (χ0v) is 10.4. The lowest BCUT2D eigenvalue weighted by atomic mass is 9.86. The normalized spacial score (nSPS) is 12.1. The molecule has 1 atom stereocenters. The van der Waals surface area contributed by atoms with Crippen LogP contribution in [0.4, 0.5) is 0 Å². The monoisotopic (exact) mass is 236 g/mol. The Morgan fingerprint density at radius 2 is 1.33 bits per heavy atom. The van der Waals surface area contributed by atoms with Crippen molar-refractivity contribution in [1.29, 1.82) is 5.26 Å². The maximum absolute atomic E-state index is 9.31. The molecule has 1 N–H and O–H groups in total. The first-order valence-electron chi connectivity index (χ1n) is 6.03. The number of nitriles is 1. The summed E-state index contributed by atoms with van der Waals surface area (Å²) in [5.41, 5.74) is 2.31. The van der Waals surface area contributed by atoms with E-state index in [0.717, 1.165) is 11.1 Å². The van der Waals surface area contributed by atoms with Gasteiger partial charge in [0.2, 0.25) is 0 Å². The molecule has 18 heavy (non-hydrogen) atoms. The molecule has 0 fully saturated rings. The summed E-state index contributed by atoms with van der Waals surface area (Å²) >= 11 is 0. The number of nitrogens with one attached hydrogen (secondary N) is 1. The maximum Gasteiger partial charge on any atom is 0.106 e. The van der Waals surface area contributed by atoms with Crippen molar-refractivity contribution in [3.8, 4) is 6.07 Å². The summed E-state index contributed by atoms with van der Waals surface area (Å²) in [7, 11) is 1.83. The van der Waals surface area contributed by atoms with Crippen LogP contribution in [0, 0.1) is 11.3 Å². The lowest BCUT2D eigenvalue weighted by Crippen LogP contribution is -2.31. The smallest absolute Gasteiger partial charge is 0.106 e. The highest BCUT2D eigenvalue weighted by atomic mass is 14.9. The second kappa shape index (κ2) is 6.00. The Kier molecular flexibility index (Phi) is 4.11. The SMILES string of the molecule is CNC(C#N)C(c1ccccc1)c1ccccc1. The van der Waals surface area contributed by atoms with Crippen LogP contribution >= 0.6 is 0 Å². The van der Waals surface area contributed by atoms with Gasteiger partial charge in [0.05, 0.1) is 6.07 Å². The molecule has 0 aliphatic carbocycles. The predicted molar refractivity (Wildman–Crippen MR) is 73.2 cm³/mol. The first-order chi connectivity index (χ1) is 8.86. The quantitative estimate of drug-likeness (QED) is 0.886. The van der Waals surface area contributed by atoms with Gasteiger partial charge in [-0.05, 0) is 18.2 Å². The van der Waals surface area contributed by atoms with Crippen molar-refractivity contribution in [2.75, 3.05) is 7.05 Å². The van der Waals surface area contributed by atoms with Gasteiger partial charge in [0, 0.05) is 5.92 Å². The van der Waals surface area contributed by atoms with E-state index in [-0.39, 0.29) is 12.0 Å². The van der Waals surface area contributed by atoms with Gasteiger partial charge in [0.15, 0.2) is 0 Å². The zero-order valence-electron chi connectivity index (χ0n) is 10.4. The van der Waals surface area contributed by atoms with Crippen LogP contribution in [0.2, 0.25) is 0 Å². The van der Waals surface area contributed by atoms with Gasteiger partial charge in [-0.3, -0.25) is 0 Å². The van der Waals surface area contributed by atoms with Gasteiger partial charge in [0.25, 0.3) is 0 Å². The van der Waals surface area contributed by atoms with E-state index in [2.05, 4.69) is 35.7 Å². The zero-order chi connectivity index (χ0) is 12.8. The second-order valence-electron chi connectivity index (χ2n) is 4.19. The summed E-state index contributed by atoms with van der Waals surface area (Å²) in [6.45, 7) is 0. The third-order valence-electron chi connectivity index (χ3n) is 3.10. The number of likely N-dealkylation sites (N-methyl/N-ethyl adjacent to an activating group) is 1. The minimum absolute atomic E-state index is 0.0578. The first kappa shape index (κ1) is 12.3. The molecule has 0 radical (unpaired) electrons. The molecule has 0 bridgehead atoms. The lowest BCUT2D eigenvalue weighted by Gasteiger charge is -2.22. The van der Waals surface area contributed by atoms with Gasteiger partial charge >= 0.3 is 0 Å². The molecule has 2 nitrogen and oxygen atoms in total. The Morgan fingerprint density at radius 1 is 0.889 bits per heavy atom. The van der Waals surface area contributed by atoms with Crippen LogP contribution in [0.25, 0.3) is 0 Å². The van der Waals surface area contributed by atoms with E-state index < -0.39 is 0 Å². The summed E-state index contributed by atoms with van der Waals surface area (Å²) in [6.07, 6.45) is 0. The van der Waals surface area contributed by atoms with Gasteiger partial charge in [-0.15, -0.1) is 0 Å². The van der Waals surface area contributed by atoms with E-state index >= 15 is 0 Å². The minimum atomic E-state index is -0.227. The van der Waals surface area contributed by atoms with Gasteiger partial charge in [0.1, 0.15) is 6.04 Å². The van der Waals surface area contributed by atoms with Crippen molar-refractivity contribution in [1.82, 2.24) is 5.32 Å². The molecule has 0 heterocycles. The summed E-state index contributed by atoms with van der Waals surface area (Å²) in [6, 6.07) is 22.4. The van der Waals surface area contributed by atoms with Gasteiger partial charge in [-0.25, -0.2) is 0 Å². The molecular weight excluding hydrogens is 220 g/mol. The highest BCUT2D eigenvalue weighted by Gasteiger charge is 2.23. The van der Waals surface area contributed by atoms with Crippen LogP contribution in [-0.4, -0.2) is 13.1 Å². The number of rotatable bonds is 4. The van der Waals surface area contributed by atoms with Crippen molar-refractivity contribution in [3.63, 3.8) is 0 Å². The topological polar surface area (TPSA) is 35.8 Å². The average Bonchev–Trinajstić information content (AvgIpc) is 2.46. The van der Waals surface area contributed by atoms with Crippen molar-refractivity contribution in [2.45, 2.75) is 12.0 Å². The fourth-order valence-corrected chi connectivity index (χ4v) is 2.20. The molecule has 0 spiro atoms. The number of benzene rings is 2. The van der Waals surface area contributed by atoms with Crippen LogP contribution in [0.3, 0.4) is 0 Å². The van der Waals surface area contributed by atoms with Crippen molar-refractivity contribution >= 4 is 0 Å². The summed E-state index contributed by atoms with van der Waals surface area (Å²) in [4.78, 5) is 0. The molecule has 0 saturated carbocycles. The third-order valence-corrected chi connectivity index (χ3v) is 3.10. The molecule has 2 aromatic rings. The summed E-state index contributed by atoms with van der Waals surface area (Å²) in [5, 5.41) is 12.4. The molecule has 2 heteroatoms. The molecule has 0 amide bonds. The van der Waals surface area contributed by atoms with E-state index in [0.29, 0.717) is 0 Å². The molecule has 0 aliphatic heterocycles. The van der Waals surface area contributed by atoms with Gasteiger partial charge in [-0.2, -0.15) is 5.26 Å². The van der Waals surface area contributed by atoms with E-state index in [9.17, 15) is 5.26 Å². The fraction of sp³-hybridized carbons (Fsp3) is 0.188. The number of hydrogen-bond donors (Lipinski definition) is 1. The van der Waals surface area contributed by atoms with E-state index in [1.54, 1.807) is 0 Å². The summed E-state index contributed by atoms with van der Waals surface area (Å²) in [5.74, 6) is 0.0578. The van der Waals surface area contributed by atoms with Crippen molar-refractivity contribution in [2.24, 2.45) is 0 Å². The molecule has 90 valence electrons. The first-order valence-corrected chi connectivity index (χ1v) is 6.03. The molecule has 0 saturated heterocycles. The van der Waals surface area contributed by atoms with Gasteiger partial charge in [-0.1, -0.05) is 60.7 Å². The Balaban J connectivity index is 2.45. The van der Waals surface area contributed by atoms with Crippen molar-refractivity contribution in [3.05, 3.63) is 71.8 Å². The van der Waals surface area contributed by atoms with Crippen LogP contribution in [0.15, 0.2) is 60.7 Å². The number of hydrogen-bond acceptors (Lipinski definition) is 2. The standard InChI is InChI=1S/C16H16N2/c1-18-15(12-17)16(13-8-4-2-5-9-13)14-10-6-3-7-11-14/h2-11,15-16,18H,1H3. The average molecular weight is 236 g/mol. The van der Waals surface area contributed by atoms with Gasteiger partial charge < -0.3 is 5.32 Å². The minimum Gasteiger partial charge on any atom is -0.304 e. The van der Waals surface area contributed by atoms with E-state index in [4.69, 9.17) is 0 Å². The molecule has 1 unspecified atom stereocenters. The fourth-order valence-electron chi connectivity index (χ4n) is 2.20. The molecule has 0 aromatic heterocycles. The Hall–Kier alpha value is -2.11. The predicted octanol–water partition coefficient (Wildman–Crippen LogP) is 2.93. The second-order valence-corrected chi connectivity index (χ2v) is 4.19. The highest BCUT2D eigenvalue weighted by Crippen LogP contribution is 2.27. The lowest BCUT2D eigenvalue weighted by molar-refractivity contribution is 0.606. The van der Waals surface area contributed by atoms with Crippen LogP contribution in [0.5, 0.6) is 0 Å². The largest absolute Gasteiger partial charge is 0.304 e. The van der Waals surface area contributed by atoms with E-state index in [1.165, 1.54) is 0 Å². The Bertz CT molecular complexity index is 474. The molecule has 2 rings (SSSR count). The number of nitrogens with zero attached hydrogens (tertiary/aromatic N) is 1. The van der Waals surface area contributed by atoms with Crippen LogP contribution in [0.1, 0.15) is 17.0 Å². The molecule has 2 aromatic carbocycles. The van der Waals surface area contributed by atoms with E-state index in [1.807, 2.05) is 43.4 Å². The Labute approximate surface area is 108 Å². The molecular formula is C16H16N2.